The Balaban J connectivity index is 1.98. The molecule has 0 unspecified atom stereocenters. The molecule has 1 saturated carbocycles. The van der Waals surface area contributed by atoms with Gasteiger partial charge in [-0.1, -0.05) is 6.08 Å². The summed E-state index contributed by atoms with van der Waals surface area (Å²) in [6.07, 6.45) is 4.29. The Bertz CT molecular complexity index is 307. The molecule has 2 aliphatic rings. The molecule has 2 fully saturated rings. The minimum atomic E-state index is 0.150. The van der Waals surface area contributed by atoms with Crippen LogP contribution in [0.1, 0.15) is 26.7 Å². The van der Waals surface area contributed by atoms with Crippen LogP contribution in [0.2, 0.25) is 0 Å². The molecule has 1 spiro atoms. The van der Waals surface area contributed by atoms with Crippen LogP contribution in [0.25, 0.3) is 0 Å². The maximum atomic E-state index is 12.2. The van der Waals surface area contributed by atoms with E-state index in [-0.39, 0.29) is 11.4 Å². The molecule has 16 heavy (non-hydrogen) atoms. The molecular formula is C12H21N3O. The predicted octanol–water partition coefficient (Wildman–Crippen LogP) is 0.464. The molecule has 1 aliphatic heterocycles. The third kappa shape index (κ3) is 2.21. The quantitative estimate of drug-likeness (QED) is 0.683. The Morgan fingerprint density at radius 1 is 1.56 bits per heavy atom. The largest absolute Gasteiger partial charge is 0.381 e. The van der Waals surface area contributed by atoms with Crippen LogP contribution in [0.5, 0.6) is 0 Å². The number of carbonyl (C=O) groups excluding carboxylic acids is 1. The molecule has 1 amide bonds. The summed E-state index contributed by atoms with van der Waals surface area (Å²) in [4.78, 5) is 14.2. The van der Waals surface area contributed by atoms with Gasteiger partial charge >= 0.3 is 0 Å². The van der Waals surface area contributed by atoms with Crippen molar-refractivity contribution in [2.75, 3.05) is 26.2 Å². The van der Waals surface area contributed by atoms with Crippen LogP contribution in [0.3, 0.4) is 0 Å². The van der Waals surface area contributed by atoms with Gasteiger partial charge in [-0.2, -0.15) is 0 Å². The maximum Gasteiger partial charge on any atom is 0.269 e. The standard InChI is InChI=1S/C12H21N3O/c1-3-10(13-4-2)11(16)15-8-7-14-12(9-15)5-6-12/h3,13-14H,4-9H2,1-2H3/b10-3-. The normalized spacial score (nSPS) is 23.4. The van der Waals surface area contributed by atoms with Gasteiger partial charge in [-0.25, -0.2) is 0 Å². The highest BCUT2D eigenvalue weighted by Gasteiger charge is 2.46. The number of nitrogens with zero attached hydrogens (tertiary/aromatic N) is 1. The number of likely N-dealkylation sites (N-methyl/N-ethyl adjacent to an activating group) is 1. The molecule has 0 bridgehead atoms. The number of hydrogen-bond acceptors (Lipinski definition) is 3. The SMILES string of the molecule is C/C=C(\NCC)C(=O)N1CCNC2(CC2)C1. The van der Waals surface area contributed by atoms with Crippen molar-refractivity contribution in [3.8, 4) is 0 Å². The first-order valence-corrected chi connectivity index (χ1v) is 6.15. The summed E-state index contributed by atoms with van der Waals surface area (Å²) >= 11 is 0. The first-order chi connectivity index (χ1) is 7.71. The summed E-state index contributed by atoms with van der Waals surface area (Å²) in [5.41, 5.74) is 0.999. The molecule has 2 rings (SSSR count). The molecule has 1 saturated heterocycles. The molecular weight excluding hydrogens is 202 g/mol. The van der Waals surface area contributed by atoms with Gasteiger partial charge in [-0.3, -0.25) is 4.79 Å². The minimum Gasteiger partial charge on any atom is -0.381 e. The Labute approximate surface area is 97.1 Å². The number of rotatable bonds is 3. The average molecular weight is 223 g/mol. The van der Waals surface area contributed by atoms with Gasteiger partial charge in [0.05, 0.1) is 5.70 Å². The first kappa shape index (κ1) is 11.5. The topological polar surface area (TPSA) is 44.4 Å². The van der Waals surface area contributed by atoms with Crippen LogP contribution in [0.15, 0.2) is 11.8 Å². The van der Waals surface area contributed by atoms with Gasteiger partial charge in [-0.05, 0) is 26.7 Å². The molecule has 4 heteroatoms. The van der Waals surface area contributed by atoms with Crippen molar-refractivity contribution in [2.24, 2.45) is 0 Å². The Hall–Kier alpha value is -1.03. The fourth-order valence-electron chi connectivity index (χ4n) is 2.28. The summed E-state index contributed by atoms with van der Waals surface area (Å²) in [7, 11) is 0. The van der Waals surface area contributed by atoms with Crippen molar-refractivity contribution in [3.05, 3.63) is 11.8 Å². The van der Waals surface area contributed by atoms with Crippen LogP contribution in [-0.4, -0.2) is 42.5 Å². The van der Waals surface area contributed by atoms with Gasteiger partial charge in [0.2, 0.25) is 0 Å². The van der Waals surface area contributed by atoms with E-state index in [1.165, 1.54) is 12.8 Å². The number of hydrogen-bond donors (Lipinski definition) is 2. The number of allylic oxidation sites excluding steroid dienone is 1. The molecule has 90 valence electrons. The van der Waals surface area contributed by atoms with E-state index in [1.807, 2.05) is 24.8 Å². The average Bonchev–Trinajstić information content (AvgIpc) is 3.04. The van der Waals surface area contributed by atoms with Crippen molar-refractivity contribution in [1.29, 1.82) is 0 Å². The van der Waals surface area contributed by atoms with E-state index >= 15 is 0 Å². The third-order valence-corrected chi connectivity index (χ3v) is 3.40. The van der Waals surface area contributed by atoms with Crippen molar-refractivity contribution in [3.63, 3.8) is 0 Å². The van der Waals surface area contributed by atoms with Crippen LogP contribution in [0, 0.1) is 0 Å². The van der Waals surface area contributed by atoms with Crippen molar-refractivity contribution in [1.82, 2.24) is 15.5 Å². The van der Waals surface area contributed by atoms with E-state index in [2.05, 4.69) is 10.6 Å². The summed E-state index contributed by atoms with van der Waals surface area (Å²) in [6, 6.07) is 0. The van der Waals surface area contributed by atoms with E-state index in [1.54, 1.807) is 0 Å². The zero-order chi connectivity index (χ0) is 11.6. The van der Waals surface area contributed by atoms with Gasteiger partial charge in [0, 0.05) is 31.7 Å². The second kappa shape index (κ2) is 4.45. The van der Waals surface area contributed by atoms with Crippen molar-refractivity contribution in [2.45, 2.75) is 32.2 Å². The number of amides is 1. The van der Waals surface area contributed by atoms with Crippen LogP contribution >= 0.6 is 0 Å². The lowest BCUT2D eigenvalue weighted by Crippen LogP contribution is -2.55. The van der Waals surface area contributed by atoms with E-state index in [0.29, 0.717) is 0 Å². The fraction of sp³-hybridized carbons (Fsp3) is 0.750. The van der Waals surface area contributed by atoms with Gasteiger partial charge in [-0.15, -0.1) is 0 Å². The van der Waals surface area contributed by atoms with Crippen molar-refractivity contribution >= 4 is 5.91 Å². The first-order valence-electron chi connectivity index (χ1n) is 6.15. The summed E-state index contributed by atoms with van der Waals surface area (Å²) < 4.78 is 0. The molecule has 0 aromatic carbocycles. The molecule has 1 aliphatic carbocycles. The predicted molar refractivity (Wildman–Crippen MR) is 64.0 cm³/mol. The van der Waals surface area contributed by atoms with Crippen molar-refractivity contribution < 1.29 is 4.79 Å². The Morgan fingerprint density at radius 2 is 2.31 bits per heavy atom. The Morgan fingerprint density at radius 3 is 2.88 bits per heavy atom. The molecule has 0 radical (unpaired) electrons. The lowest BCUT2D eigenvalue weighted by atomic mass is 10.1. The van der Waals surface area contributed by atoms with E-state index in [4.69, 9.17) is 0 Å². The fourth-order valence-corrected chi connectivity index (χ4v) is 2.28. The van der Waals surface area contributed by atoms with Gasteiger partial charge in [0.25, 0.3) is 5.91 Å². The summed E-state index contributed by atoms with van der Waals surface area (Å²) in [5, 5.41) is 6.64. The Kier molecular flexibility index (Phi) is 3.19. The molecule has 0 aromatic rings. The zero-order valence-corrected chi connectivity index (χ0v) is 10.2. The highest BCUT2D eigenvalue weighted by Crippen LogP contribution is 2.37. The molecule has 4 nitrogen and oxygen atoms in total. The smallest absolute Gasteiger partial charge is 0.269 e. The van der Waals surface area contributed by atoms with Gasteiger partial charge in [0.15, 0.2) is 0 Å². The van der Waals surface area contributed by atoms with E-state index in [9.17, 15) is 4.79 Å². The van der Waals surface area contributed by atoms with E-state index < -0.39 is 0 Å². The zero-order valence-electron chi connectivity index (χ0n) is 10.2. The lowest BCUT2D eigenvalue weighted by Gasteiger charge is -2.34. The van der Waals surface area contributed by atoms with Gasteiger partial charge in [0.1, 0.15) is 0 Å². The van der Waals surface area contributed by atoms with Crippen LogP contribution in [-0.2, 0) is 4.79 Å². The number of nitrogens with one attached hydrogen (secondary N) is 2. The minimum absolute atomic E-state index is 0.150. The highest BCUT2D eigenvalue weighted by molar-refractivity contribution is 5.93. The summed E-state index contributed by atoms with van der Waals surface area (Å²) in [6.45, 7) is 7.33. The molecule has 1 heterocycles. The number of piperazine rings is 1. The molecule has 0 atom stereocenters. The van der Waals surface area contributed by atoms with Crippen LogP contribution in [0.4, 0.5) is 0 Å². The van der Waals surface area contributed by atoms with E-state index in [0.717, 1.165) is 31.9 Å². The molecule has 2 N–H and O–H groups in total. The second-order valence-corrected chi connectivity index (χ2v) is 4.67. The second-order valence-electron chi connectivity index (χ2n) is 4.67. The van der Waals surface area contributed by atoms with Crippen LogP contribution < -0.4 is 10.6 Å². The molecule has 0 aromatic heterocycles. The van der Waals surface area contributed by atoms with Gasteiger partial charge < -0.3 is 15.5 Å². The highest BCUT2D eigenvalue weighted by atomic mass is 16.2. The lowest BCUT2D eigenvalue weighted by molar-refractivity contribution is -0.129. The maximum absolute atomic E-state index is 12.2. The monoisotopic (exact) mass is 223 g/mol. The summed E-state index contributed by atoms with van der Waals surface area (Å²) in [5.74, 6) is 0.150. The number of carbonyl (C=O) groups is 1. The third-order valence-electron chi connectivity index (χ3n) is 3.40.